The van der Waals surface area contributed by atoms with Crippen LogP contribution in [0.1, 0.15) is 53.9 Å². The molecule has 0 aromatic heterocycles. The number of unbranched alkanes of at least 4 members (excludes halogenated alkanes) is 1. The van der Waals surface area contributed by atoms with Crippen LogP contribution in [0.4, 0.5) is 0 Å². The van der Waals surface area contributed by atoms with Crippen molar-refractivity contribution in [2.24, 2.45) is 0 Å². The van der Waals surface area contributed by atoms with Gasteiger partial charge in [0.25, 0.3) is 0 Å². The molecule has 0 atom stereocenters. The fraction of sp³-hybridized carbons (Fsp3) is 0.580. The maximum atomic E-state index is 10.9. The fourth-order valence-corrected chi connectivity index (χ4v) is 2.76. The molecule has 0 saturated carbocycles. The number of methoxy groups -OCH3 is 5. The molecule has 0 aromatic rings. The summed E-state index contributed by atoms with van der Waals surface area (Å²) in [6.07, 6.45) is 7.42. The summed E-state index contributed by atoms with van der Waals surface area (Å²) in [5.41, 5.74) is 1.25. The average Bonchev–Trinajstić information content (AvgIpc) is 3.36. The summed E-state index contributed by atoms with van der Waals surface area (Å²) >= 11 is 0. The van der Waals surface area contributed by atoms with Crippen molar-refractivity contribution >= 4 is 41.8 Å². The second kappa shape index (κ2) is 68.5. The summed E-state index contributed by atoms with van der Waals surface area (Å²) in [6, 6.07) is 0. The summed E-state index contributed by atoms with van der Waals surface area (Å²) in [5, 5.41) is 0. The van der Waals surface area contributed by atoms with Crippen LogP contribution < -0.4 is 0 Å². The summed E-state index contributed by atoms with van der Waals surface area (Å²) in [7, 11) is 7.79. The standard InChI is InChI=1S/C10H18O3.4C7H12O3.2C6H10O3/c1-4-5-6-12-7-8-13-10(11)9(2)3;2*1-6(2)7(8)10-5-4-9-3;1-3-7(8)10-6-4-5-9-2;1-3-7(8)10-6-5-9-4-2;2*1-3-6(7)9-5-4-8-2/h2,4-8H2,1,3H3;2*1,4-5H2,2-3H3;2*3H,1,4-6H2,2H3;2*3H,1,4-5H2,2H3. The second-order valence-electron chi connectivity index (χ2n) is 12.7. The zero-order valence-electron chi connectivity index (χ0n) is 44.3. The van der Waals surface area contributed by atoms with Gasteiger partial charge in [-0.25, -0.2) is 33.6 Å². The maximum absolute atomic E-state index is 10.9. The van der Waals surface area contributed by atoms with Crippen molar-refractivity contribution in [1.82, 2.24) is 0 Å². The molecule has 0 amide bonds. The van der Waals surface area contributed by atoms with Crippen LogP contribution in [0.5, 0.6) is 0 Å². The molecule has 0 aliphatic heterocycles. The Morgan fingerprint density at radius 3 is 0.873 bits per heavy atom. The molecule has 21 nitrogen and oxygen atoms in total. The quantitative estimate of drug-likeness (QED) is 0.0333. The molecule has 0 aliphatic carbocycles. The minimum absolute atomic E-state index is 0.293. The number of esters is 7. The smallest absolute Gasteiger partial charge is 0.333 e. The third-order valence-electron chi connectivity index (χ3n) is 6.33. The highest BCUT2D eigenvalue weighted by molar-refractivity contribution is 5.87. The van der Waals surface area contributed by atoms with Gasteiger partial charge in [-0.05, 0) is 34.1 Å². The van der Waals surface area contributed by atoms with Crippen LogP contribution in [0.3, 0.4) is 0 Å². The summed E-state index contributed by atoms with van der Waals surface area (Å²) in [4.78, 5) is 73.5. The molecular formula is C50H86O21. The van der Waals surface area contributed by atoms with Crippen molar-refractivity contribution < 1.29 is 99.9 Å². The normalized spacial score (nSPS) is 8.99. The highest BCUT2D eigenvalue weighted by Crippen LogP contribution is 1.94. The van der Waals surface area contributed by atoms with Crippen LogP contribution in [0.25, 0.3) is 0 Å². The van der Waals surface area contributed by atoms with Gasteiger partial charge < -0.3 is 66.3 Å². The van der Waals surface area contributed by atoms with Gasteiger partial charge in [0.2, 0.25) is 0 Å². The molecule has 0 aliphatic rings. The Morgan fingerprint density at radius 2 is 0.606 bits per heavy atom. The Kier molecular flexibility index (Phi) is 76.5. The predicted octanol–water partition coefficient (Wildman–Crippen LogP) is 5.65. The lowest BCUT2D eigenvalue weighted by Gasteiger charge is -2.04. The molecule has 0 heterocycles. The lowest BCUT2D eigenvalue weighted by atomic mass is 10.4. The van der Waals surface area contributed by atoms with E-state index in [0.717, 1.165) is 50.2 Å². The van der Waals surface area contributed by atoms with Crippen LogP contribution in [0.2, 0.25) is 0 Å². The maximum Gasteiger partial charge on any atom is 0.333 e. The van der Waals surface area contributed by atoms with Crippen molar-refractivity contribution in [3.8, 4) is 0 Å². The highest BCUT2D eigenvalue weighted by atomic mass is 16.6. The van der Waals surface area contributed by atoms with Crippen LogP contribution >= 0.6 is 0 Å². The topological polar surface area (TPSA) is 249 Å². The summed E-state index contributed by atoms with van der Waals surface area (Å²) in [6.45, 7) is 38.9. The number of hydrogen-bond acceptors (Lipinski definition) is 21. The van der Waals surface area contributed by atoms with Gasteiger partial charge in [0.1, 0.15) is 39.6 Å². The van der Waals surface area contributed by atoms with Crippen molar-refractivity contribution in [3.05, 3.63) is 87.1 Å². The van der Waals surface area contributed by atoms with Crippen LogP contribution in [-0.2, 0) is 99.9 Å². The Hall–Kier alpha value is -5.81. The molecule has 0 N–H and O–H groups in total. The second-order valence-corrected chi connectivity index (χ2v) is 12.7. The minimum Gasteiger partial charge on any atom is -0.462 e. The van der Waals surface area contributed by atoms with Crippen molar-refractivity contribution in [3.63, 3.8) is 0 Å². The Balaban J connectivity index is -0.000000135. The minimum atomic E-state index is -0.410. The molecule has 412 valence electrons. The summed E-state index contributed by atoms with van der Waals surface area (Å²) < 4.78 is 66.0. The van der Waals surface area contributed by atoms with Gasteiger partial charge in [0.15, 0.2) is 0 Å². The van der Waals surface area contributed by atoms with Crippen molar-refractivity contribution in [1.29, 1.82) is 0 Å². The van der Waals surface area contributed by atoms with E-state index in [1.165, 1.54) is 0 Å². The molecule has 0 spiro atoms. The average molecular weight is 1020 g/mol. The van der Waals surface area contributed by atoms with Crippen LogP contribution in [-0.4, -0.2) is 183 Å². The monoisotopic (exact) mass is 1020 g/mol. The van der Waals surface area contributed by atoms with Gasteiger partial charge in [-0.3, -0.25) is 0 Å². The van der Waals surface area contributed by atoms with E-state index in [-0.39, 0.29) is 23.9 Å². The first-order valence-corrected chi connectivity index (χ1v) is 22.0. The first kappa shape index (κ1) is 79.3. The Labute approximate surface area is 423 Å². The molecule has 71 heavy (non-hydrogen) atoms. The number of hydrogen-bond donors (Lipinski definition) is 0. The van der Waals surface area contributed by atoms with E-state index in [1.807, 2.05) is 6.92 Å². The molecule has 21 heteroatoms. The zero-order valence-corrected chi connectivity index (χ0v) is 44.3. The first-order valence-electron chi connectivity index (χ1n) is 22.0. The van der Waals surface area contributed by atoms with Crippen LogP contribution in [0.15, 0.2) is 87.1 Å². The molecule has 0 rings (SSSR count). The van der Waals surface area contributed by atoms with E-state index >= 15 is 0 Å². The van der Waals surface area contributed by atoms with Gasteiger partial charge >= 0.3 is 41.8 Å². The number of rotatable bonds is 33. The van der Waals surface area contributed by atoms with Gasteiger partial charge in [-0.1, -0.05) is 59.4 Å². The van der Waals surface area contributed by atoms with E-state index in [1.54, 1.807) is 56.3 Å². The van der Waals surface area contributed by atoms with E-state index < -0.39 is 17.9 Å². The summed E-state index contributed by atoms with van der Waals surface area (Å²) in [5.74, 6) is -2.68. The number of ether oxygens (including phenoxy) is 14. The third-order valence-corrected chi connectivity index (χ3v) is 6.33. The zero-order chi connectivity index (χ0) is 55.9. The van der Waals surface area contributed by atoms with Crippen molar-refractivity contribution in [2.45, 2.75) is 53.9 Å². The van der Waals surface area contributed by atoms with Gasteiger partial charge in [-0.15, -0.1) is 0 Å². The Bertz CT molecular complexity index is 1330. The largest absolute Gasteiger partial charge is 0.462 e. The van der Waals surface area contributed by atoms with Gasteiger partial charge in [-0.2, -0.15) is 0 Å². The lowest BCUT2D eigenvalue weighted by Crippen LogP contribution is -2.11. The highest BCUT2D eigenvalue weighted by Gasteiger charge is 2.03. The number of carbonyl (C=O) groups excluding carboxylic acids is 7. The van der Waals surface area contributed by atoms with E-state index in [2.05, 4.69) is 100 Å². The molecule has 0 radical (unpaired) electrons. The molecule has 0 bridgehead atoms. The fourth-order valence-electron chi connectivity index (χ4n) is 2.76. The molecule has 0 fully saturated rings. The number of carbonyl (C=O) groups is 7. The van der Waals surface area contributed by atoms with Gasteiger partial charge in [0.05, 0.1) is 46.2 Å². The molecule has 0 unspecified atom stereocenters. The molecule has 0 saturated heterocycles. The van der Waals surface area contributed by atoms with E-state index in [4.69, 9.17) is 18.9 Å². The van der Waals surface area contributed by atoms with Crippen molar-refractivity contribution in [2.75, 3.05) is 141 Å². The molecular weight excluding hydrogens is 937 g/mol. The van der Waals surface area contributed by atoms with Gasteiger partial charge in [0, 0.05) is 103 Å². The first-order chi connectivity index (χ1) is 33.8. The van der Waals surface area contributed by atoms with Crippen LogP contribution in [0, 0.1) is 0 Å². The third kappa shape index (κ3) is 84.5. The SMILES string of the molecule is C=C(C)C(=O)OCCOC.C=C(C)C(=O)OCCOC.C=C(C)C(=O)OCCOCCCC.C=CC(=O)OCCCOC.C=CC(=O)OCCOC.C=CC(=O)OCCOC.C=CC(=O)OCCOCC. The Morgan fingerprint density at radius 1 is 0.338 bits per heavy atom. The van der Waals surface area contributed by atoms with E-state index in [0.29, 0.717) is 116 Å². The lowest BCUT2D eigenvalue weighted by molar-refractivity contribution is -0.141. The molecule has 0 aromatic carbocycles. The van der Waals surface area contributed by atoms with E-state index in [9.17, 15) is 33.6 Å². The predicted molar refractivity (Wildman–Crippen MR) is 268 cm³/mol.